The lowest BCUT2D eigenvalue weighted by molar-refractivity contribution is -0.143. The number of hydrogen-bond acceptors (Lipinski definition) is 8. The molecular weight excluding hydrogens is 580 g/mol. The van der Waals surface area contributed by atoms with Gasteiger partial charge in [0.15, 0.2) is 11.6 Å². The van der Waals surface area contributed by atoms with Crippen LogP contribution < -0.4 is 0 Å². The molecule has 0 radical (unpaired) electrons. The molecule has 3 fully saturated rings. The topological polar surface area (TPSA) is 118 Å². The zero-order chi connectivity index (χ0) is 31.3. The van der Waals surface area contributed by atoms with Crippen LogP contribution >= 0.6 is 0 Å². The Labute approximate surface area is 269 Å². The molecule has 10 heteroatoms. The van der Waals surface area contributed by atoms with Crippen LogP contribution in [0.5, 0.6) is 0 Å². The van der Waals surface area contributed by atoms with Crippen LogP contribution in [0.4, 0.5) is 0 Å². The molecule has 2 aliphatic heterocycles. The molecular formula is C36H42N6O4. The number of rotatable bonds is 10. The van der Waals surface area contributed by atoms with Gasteiger partial charge in [0, 0.05) is 37.8 Å². The molecule has 0 spiro atoms. The fourth-order valence-electron chi connectivity index (χ4n) is 7.44. The van der Waals surface area contributed by atoms with Gasteiger partial charge in [-0.05, 0) is 75.3 Å². The van der Waals surface area contributed by atoms with Crippen LogP contribution in [0.1, 0.15) is 98.0 Å². The Morgan fingerprint density at radius 1 is 0.587 bits per heavy atom. The number of carbonyl (C=O) groups excluding carboxylic acids is 2. The van der Waals surface area contributed by atoms with Gasteiger partial charge in [0.1, 0.15) is 12.1 Å². The van der Waals surface area contributed by atoms with Gasteiger partial charge < -0.3 is 18.8 Å². The Hall–Kier alpha value is -4.34. The van der Waals surface area contributed by atoms with E-state index in [1.54, 1.807) is 0 Å². The Bertz CT molecular complexity index is 1480. The van der Waals surface area contributed by atoms with Crippen molar-refractivity contribution in [2.24, 2.45) is 11.8 Å². The summed E-state index contributed by atoms with van der Waals surface area (Å²) >= 11 is 0. The smallest absolute Gasteiger partial charge is 0.249 e. The minimum Gasteiger partial charge on any atom is -0.337 e. The number of nitrogens with zero attached hydrogens (tertiary/aromatic N) is 6. The highest BCUT2D eigenvalue weighted by Crippen LogP contribution is 2.39. The second kappa shape index (κ2) is 14.0. The van der Waals surface area contributed by atoms with E-state index in [-0.39, 0.29) is 35.7 Å². The van der Waals surface area contributed by atoms with Crippen molar-refractivity contribution >= 4 is 11.8 Å². The Balaban J connectivity index is 0.911. The van der Waals surface area contributed by atoms with Gasteiger partial charge in [0.2, 0.25) is 23.6 Å². The van der Waals surface area contributed by atoms with Gasteiger partial charge in [0.05, 0.1) is 0 Å². The molecule has 2 saturated heterocycles. The van der Waals surface area contributed by atoms with Crippen LogP contribution in [0.25, 0.3) is 0 Å². The largest absolute Gasteiger partial charge is 0.337 e. The SMILES string of the molecule is O=C(C1CCC(C(=O)N2CCC[C@H]2c2nc(CCc3ccccc3)no2)CC1)N1CCC[C@H]1c1nc(CCc2ccccc2)no1. The number of amides is 2. The van der Waals surface area contributed by atoms with E-state index < -0.39 is 0 Å². The van der Waals surface area contributed by atoms with E-state index in [1.165, 1.54) is 11.1 Å². The number of benzene rings is 2. The van der Waals surface area contributed by atoms with Gasteiger partial charge in [-0.15, -0.1) is 0 Å². The Morgan fingerprint density at radius 3 is 1.41 bits per heavy atom. The molecule has 0 unspecified atom stereocenters. The van der Waals surface area contributed by atoms with E-state index in [0.717, 1.165) is 38.5 Å². The van der Waals surface area contributed by atoms with Gasteiger partial charge in [-0.3, -0.25) is 9.59 Å². The lowest BCUT2D eigenvalue weighted by atomic mass is 9.80. The predicted octanol–water partition coefficient (Wildman–Crippen LogP) is 5.86. The average Bonchev–Trinajstić information content (AvgIpc) is 3.94. The van der Waals surface area contributed by atoms with Crippen LogP contribution in [0.2, 0.25) is 0 Å². The van der Waals surface area contributed by atoms with Crippen LogP contribution in [0.3, 0.4) is 0 Å². The summed E-state index contributed by atoms with van der Waals surface area (Å²) in [7, 11) is 0. The molecule has 1 saturated carbocycles. The van der Waals surface area contributed by atoms with Crippen molar-refractivity contribution in [3.05, 3.63) is 95.2 Å². The van der Waals surface area contributed by atoms with Crippen molar-refractivity contribution in [3.8, 4) is 0 Å². The van der Waals surface area contributed by atoms with Crippen molar-refractivity contribution in [1.82, 2.24) is 30.1 Å². The fraction of sp³-hybridized carbons (Fsp3) is 0.500. The molecule has 0 N–H and O–H groups in total. The molecule has 2 amide bonds. The number of aromatic nitrogens is 4. The first-order valence-electron chi connectivity index (χ1n) is 17.0. The van der Waals surface area contributed by atoms with Crippen molar-refractivity contribution in [2.75, 3.05) is 13.1 Å². The van der Waals surface area contributed by atoms with E-state index in [2.05, 4.69) is 44.5 Å². The number of hydrogen-bond donors (Lipinski definition) is 0. The number of aryl methyl sites for hydroxylation is 4. The molecule has 2 aromatic carbocycles. The lowest BCUT2D eigenvalue weighted by Gasteiger charge is -2.34. The van der Waals surface area contributed by atoms with Crippen molar-refractivity contribution < 1.29 is 18.6 Å². The zero-order valence-electron chi connectivity index (χ0n) is 26.3. The fourth-order valence-corrected chi connectivity index (χ4v) is 7.44. The molecule has 1 aliphatic carbocycles. The normalized spacial score (nSPS) is 23.2. The molecule has 240 valence electrons. The summed E-state index contributed by atoms with van der Waals surface area (Å²) in [6.07, 6.45) is 9.47. The monoisotopic (exact) mass is 622 g/mol. The third-order valence-corrected chi connectivity index (χ3v) is 10.00. The van der Waals surface area contributed by atoms with Crippen LogP contribution in [0, 0.1) is 11.8 Å². The molecule has 10 nitrogen and oxygen atoms in total. The second-order valence-corrected chi connectivity index (χ2v) is 13.0. The lowest BCUT2D eigenvalue weighted by Crippen LogP contribution is -2.41. The highest BCUT2D eigenvalue weighted by molar-refractivity contribution is 5.82. The van der Waals surface area contributed by atoms with Gasteiger partial charge in [-0.2, -0.15) is 9.97 Å². The summed E-state index contributed by atoms with van der Waals surface area (Å²) in [5.41, 5.74) is 2.47. The number of likely N-dealkylation sites (tertiary alicyclic amines) is 2. The summed E-state index contributed by atoms with van der Waals surface area (Å²) in [5.74, 6) is 2.60. The standard InChI is InChI=1S/C36H42N6O4/c43-35(41-23-7-13-29(41)33-37-31(39-45-33)21-15-25-9-3-1-4-10-25)27-17-19-28(20-18-27)36(44)42-24-8-14-30(42)34-38-32(40-46-34)22-16-26-11-5-2-6-12-26/h1-6,9-12,27-30H,7-8,13-24H2/t27?,28?,29-,30-/m0/s1. The average molecular weight is 623 g/mol. The molecule has 4 aromatic rings. The van der Waals surface area contributed by atoms with Crippen LogP contribution in [-0.4, -0.2) is 55.0 Å². The Morgan fingerprint density at radius 2 is 1.00 bits per heavy atom. The zero-order valence-corrected chi connectivity index (χ0v) is 26.3. The van der Waals surface area contributed by atoms with Gasteiger partial charge in [-0.1, -0.05) is 71.0 Å². The van der Waals surface area contributed by atoms with Gasteiger partial charge >= 0.3 is 0 Å². The first-order chi connectivity index (χ1) is 22.6. The summed E-state index contributed by atoms with van der Waals surface area (Å²) in [4.78, 5) is 40.7. The minimum atomic E-state index is -0.165. The molecule has 0 bridgehead atoms. The van der Waals surface area contributed by atoms with Gasteiger partial charge in [-0.25, -0.2) is 0 Å². The summed E-state index contributed by atoms with van der Waals surface area (Å²) in [6, 6.07) is 20.2. The highest BCUT2D eigenvalue weighted by atomic mass is 16.5. The third-order valence-electron chi connectivity index (χ3n) is 10.00. The van der Waals surface area contributed by atoms with E-state index in [0.29, 0.717) is 75.0 Å². The van der Waals surface area contributed by atoms with E-state index in [1.807, 2.05) is 46.2 Å². The molecule has 7 rings (SSSR count). The van der Waals surface area contributed by atoms with E-state index in [9.17, 15) is 9.59 Å². The third kappa shape index (κ3) is 6.76. The van der Waals surface area contributed by atoms with Crippen LogP contribution in [0.15, 0.2) is 69.7 Å². The molecule has 46 heavy (non-hydrogen) atoms. The summed E-state index contributed by atoms with van der Waals surface area (Å²) in [5, 5.41) is 8.44. The summed E-state index contributed by atoms with van der Waals surface area (Å²) < 4.78 is 11.3. The van der Waals surface area contributed by atoms with E-state index in [4.69, 9.17) is 9.05 Å². The predicted molar refractivity (Wildman–Crippen MR) is 169 cm³/mol. The first kappa shape index (κ1) is 30.3. The maximum atomic E-state index is 13.7. The van der Waals surface area contributed by atoms with Crippen molar-refractivity contribution in [2.45, 2.75) is 89.1 Å². The molecule has 3 aliphatic rings. The first-order valence-corrected chi connectivity index (χ1v) is 17.0. The number of carbonyl (C=O) groups is 2. The van der Waals surface area contributed by atoms with Gasteiger partial charge in [0.25, 0.3) is 0 Å². The quantitative estimate of drug-likeness (QED) is 0.216. The Kier molecular flexibility index (Phi) is 9.21. The molecule has 4 heterocycles. The highest BCUT2D eigenvalue weighted by Gasteiger charge is 2.42. The maximum absolute atomic E-state index is 13.7. The second-order valence-electron chi connectivity index (χ2n) is 13.0. The minimum absolute atomic E-state index is 0.0809. The van der Waals surface area contributed by atoms with E-state index >= 15 is 0 Å². The molecule has 2 aromatic heterocycles. The molecule has 2 atom stereocenters. The summed E-state index contributed by atoms with van der Waals surface area (Å²) in [6.45, 7) is 1.41. The van der Waals surface area contributed by atoms with Crippen molar-refractivity contribution in [3.63, 3.8) is 0 Å². The van der Waals surface area contributed by atoms with Crippen LogP contribution in [-0.2, 0) is 35.3 Å². The maximum Gasteiger partial charge on any atom is 0.249 e. The van der Waals surface area contributed by atoms with Crippen molar-refractivity contribution in [1.29, 1.82) is 0 Å².